The SMILES string of the molecule is C=Cc1cc(CC)c(CC)c(C)c1/C=C(/C)N.CCC. The summed E-state index contributed by atoms with van der Waals surface area (Å²) in [5.41, 5.74) is 13.3. The van der Waals surface area contributed by atoms with E-state index >= 15 is 0 Å². The van der Waals surface area contributed by atoms with E-state index in [1.165, 1.54) is 34.2 Å². The molecule has 0 saturated heterocycles. The van der Waals surface area contributed by atoms with Crippen LogP contribution in [0.4, 0.5) is 0 Å². The minimum absolute atomic E-state index is 0.836. The lowest BCUT2D eigenvalue weighted by Crippen LogP contribution is -2.01. The molecule has 0 heterocycles. The predicted octanol–water partition coefficient (Wildman–Crippen LogP) is 5.50. The van der Waals surface area contributed by atoms with E-state index in [4.69, 9.17) is 5.73 Å². The maximum atomic E-state index is 5.81. The lowest BCUT2D eigenvalue weighted by Gasteiger charge is -2.16. The third kappa shape index (κ3) is 4.88. The highest BCUT2D eigenvalue weighted by atomic mass is 14.5. The fourth-order valence-electron chi connectivity index (χ4n) is 2.37. The Balaban J connectivity index is 0.00000110. The van der Waals surface area contributed by atoms with Gasteiger partial charge in [-0.1, -0.05) is 52.8 Å². The Bertz CT molecular complexity index is 463. The number of hydrogen-bond acceptors (Lipinski definition) is 1. The van der Waals surface area contributed by atoms with Gasteiger partial charge in [0.1, 0.15) is 0 Å². The smallest absolute Gasteiger partial charge is 0.00552 e. The molecule has 0 bridgehead atoms. The van der Waals surface area contributed by atoms with Crippen LogP contribution in [0, 0.1) is 6.92 Å². The van der Waals surface area contributed by atoms with Crippen molar-refractivity contribution < 1.29 is 0 Å². The highest BCUT2D eigenvalue weighted by molar-refractivity contribution is 5.70. The summed E-state index contributed by atoms with van der Waals surface area (Å²) in [4.78, 5) is 0. The van der Waals surface area contributed by atoms with Crippen molar-refractivity contribution >= 4 is 12.2 Å². The average molecular weight is 273 g/mol. The molecule has 0 aliphatic heterocycles. The first-order valence-electron chi connectivity index (χ1n) is 7.68. The van der Waals surface area contributed by atoms with Gasteiger partial charge in [-0.05, 0) is 60.6 Å². The molecular formula is C19H31N. The molecule has 2 N–H and O–H groups in total. The third-order valence-electron chi connectivity index (χ3n) is 3.21. The molecule has 112 valence electrons. The molecule has 0 aliphatic carbocycles. The zero-order chi connectivity index (χ0) is 15.7. The quantitative estimate of drug-likeness (QED) is 0.770. The Morgan fingerprint density at radius 1 is 1.20 bits per heavy atom. The highest BCUT2D eigenvalue weighted by Gasteiger charge is 2.10. The van der Waals surface area contributed by atoms with Gasteiger partial charge in [-0.15, -0.1) is 0 Å². The predicted molar refractivity (Wildman–Crippen MR) is 93.8 cm³/mol. The molecule has 20 heavy (non-hydrogen) atoms. The summed E-state index contributed by atoms with van der Waals surface area (Å²) in [5.74, 6) is 0. The molecule has 1 nitrogen and oxygen atoms in total. The fraction of sp³-hybridized carbons (Fsp3) is 0.474. The first kappa shape index (κ1) is 18.5. The standard InChI is InChI=1S/C16H23N.C3H8/c1-6-13-10-14(7-2)16(9-11(4)17)12(5)15(13)8-3;1-3-2/h7,9-10H,2,6,8,17H2,1,3-5H3;3H2,1-2H3/b11-9-;. The van der Waals surface area contributed by atoms with Crippen molar-refractivity contribution in [1.29, 1.82) is 0 Å². The van der Waals surface area contributed by atoms with Gasteiger partial charge in [0, 0.05) is 5.70 Å². The van der Waals surface area contributed by atoms with E-state index in [1.54, 1.807) is 0 Å². The lowest BCUT2D eigenvalue weighted by molar-refractivity contribution is 1.01. The summed E-state index contributed by atoms with van der Waals surface area (Å²) in [6, 6.07) is 2.24. The molecule has 0 amide bonds. The van der Waals surface area contributed by atoms with Crippen molar-refractivity contribution in [2.45, 2.75) is 60.8 Å². The van der Waals surface area contributed by atoms with Gasteiger partial charge >= 0.3 is 0 Å². The van der Waals surface area contributed by atoms with E-state index < -0.39 is 0 Å². The highest BCUT2D eigenvalue weighted by Crippen LogP contribution is 2.26. The first-order valence-corrected chi connectivity index (χ1v) is 7.68. The second-order valence-electron chi connectivity index (χ2n) is 5.15. The Morgan fingerprint density at radius 2 is 1.75 bits per heavy atom. The summed E-state index contributed by atoms with van der Waals surface area (Å²) in [7, 11) is 0. The van der Waals surface area contributed by atoms with Gasteiger partial charge in [0.25, 0.3) is 0 Å². The Labute approximate surface area is 125 Å². The first-order chi connectivity index (χ1) is 9.46. The van der Waals surface area contributed by atoms with Crippen LogP contribution in [-0.2, 0) is 12.8 Å². The Kier molecular flexibility index (Phi) is 8.71. The van der Waals surface area contributed by atoms with Gasteiger partial charge < -0.3 is 5.73 Å². The fourth-order valence-corrected chi connectivity index (χ4v) is 2.37. The summed E-state index contributed by atoms with van der Waals surface area (Å²) < 4.78 is 0. The van der Waals surface area contributed by atoms with Gasteiger partial charge in [0.05, 0.1) is 0 Å². The third-order valence-corrected chi connectivity index (χ3v) is 3.21. The molecule has 0 atom stereocenters. The van der Waals surface area contributed by atoms with Gasteiger partial charge in [-0.25, -0.2) is 0 Å². The van der Waals surface area contributed by atoms with Crippen LogP contribution in [0.2, 0.25) is 0 Å². The van der Waals surface area contributed by atoms with E-state index in [0.717, 1.165) is 18.5 Å². The van der Waals surface area contributed by atoms with Crippen LogP contribution < -0.4 is 5.73 Å². The molecule has 1 aromatic rings. The number of aryl methyl sites for hydroxylation is 1. The molecule has 0 aromatic heterocycles. The molecule has 0 aliphatic rings. The average Bonchev–Trinajstić information content (AvgIpc) is 2.41. The number of nitrogens with two attached hydrogens (primary N) is 1. The number of hydrogen-bond donors (Lipinski definition) is 1. The monoisotopic (exact) mass is 273 g/mol. The topological polar surface area (TPSA) is 26.0 Å². The molecule has 0 fully saturated rings. The van der Waals surface area contributed by atoms with Gasteiger partial charge in [0.2, 0.25) is 0 Å². The minimum Gasteiger partial charge on any atom is -0.402 e. The van der Waals surface area contributed by atoms with Crippen LogP contribution in [0.1, 0.15) is 68.9 Å². The van der Waals surface area contributed by atoms with E-state index in [9.17, 15) is 0 Å². The molecule has 1 aromatic carbocycles. The number of rotatable bonds is 4. The van der Waals surface area contributed by atoms with Crippen LogP contribution in [0.3, 0.4) is 0 Å². The summed E-state index contributed by atoms with van der Waals surface area (Å²) in [5, 5.41) is 0. The maximum absolute atomic E-state index is 5.81. The molecule has 0 radical (unpaired) electrons. The number of benzene rings is 1. The zero-order valence-corrected chi connectivity index (χ0v) is 14.1. The minimum atomic E-state index is 0.836. The summed E-state index contributed by atoms with van der Waals surface area (Å²) in [6.45, 7) is 16.7. The van der Waals surface area contributed by atoms with Gasteiger partial charge in [-0.3, -0.25) is 0 Å². The lowest BCUT2D eigenvalue weighted by atomic mass is 9.89. The van der Waals surface area contributed by atoms with Crippen molar-refractivity contribution in [2.75, 3.05) is 0 Å². The number of allylic oxidation sites excluding steroid dienone is 1. The van der Waals surface area contributed by atoms with Crippen LogP contribution in [0.25, 0.3) is 12.2 Å². The van der Waals surface area contributed by atoms with Crippen molar-refractivity contribution in [2.24, 2.45) is 5.73 Å². The largest absolute Gasteiger partial charge is 0.402 e. The maximum Gasteiger partial charge on any atom is 0.00552 e. The van der Waals surface area contributed by atoms with Crippen LogP contribution >= 0.6 is 0 Å². The van der Waals surface area contributed by atoms with Crippen molar-refractivity contribution in [3.8, 4) is 0 Å². The van der Waals surface area contributed by atoms with E-state index in [-0.39, 0.29) is 0 Å². The normalized spacial score (nSPS) is 10.8. The summed E-state index contributed by atoms with van der Waals surface area (Å²) in [6.07, 6.45) is 7.35. The zero-order valence-electron chi connectivity index (χ0n) is 14.1. The van der Waals surface area contributed by atoms with Crippen molar-refractivity contribution in [1.82, 2.24) is 0 Å². The van der Waals surface area contributed by atoms with Crippen LogP contribution in [0.5, 0.6) is 0 Å². The molecule has 0 saturated carbocycles. The van der Waals surface area contributed by atoms with E-state index in [1.807, 2.05) is 19.1 Å². The van der Waals surface area contributed by atoms with E-state index in [0.29, 0.717) is 0 Å². The van der Waals surface area contributed by atoms with Crippen LogP contribution in [0.15, 0.2) is 18.3 Å². The Morgan fingerprint density at radius 3 is 2.10 bits per heavy atom. The Hall–Kier alpha value is -1.50. The molecule has 1 heteroatoms. The molecular weight excluding hydrogens is 242 g/mol. The second-order valence-corrected chi connectivity index (χ2v) is 5.15. The van der Waals surface area contributed by atoms with Crippen LogP contribution in [-0.4, -0.2) is 0 Å². The van der Waals surface area contributed by atoms with E-state index in [2.05, 4.69) is 47.3 Å². The molecule has 0 unspecified atom stereocenters. The summed E-state index contributed by atoms with van der Waals surface area (Å²) >= 11 is 0. The molecule has 0 spiro atoms. The van der Waals surface area contributed by atoms with Crippen molar-refractivity contribution in [3.05, 3.63) is 46.2 Å². The van der Waals surface area contributed by atoms with Crippen molar-refractivity contribution in [3.63, 3.8) is 0 Å². The van der Waals surface area contributed by atoms with Gasteiger partial charge in [0.15, 0.2) is 0 Å². The van der Waals surface area contributed by atoms with Gasteiger partial charge in [-0.2, -0.15) is 0 Å². The second kappa shape index (κ2) is 9.41. The molecule has 1 rings (SSSR count).